The molecular weight excluding hydrogens is 324 g/mol. The van der Waals surface area contributed by atoms with Crippen molar-refractivity contribution in [3.05, 3.63) is 29.8 Å². The third-order valence-electron chi connectivity index (χ3n) is 3.98. The third-order valence-corrected chi connectivity index (χ3v) is 3.98. The fourth-order valence-electron chi connectivity index (χ4n) is 2.62. The van der Waals surface area contributed by atoms with Crippen LogP contribution in [0.5, 0.6) is 0 Å². The first kappa shape index (κ1) is 18.6. The summed E-state index contributed by atoms with van der Waals surface area (Å²) in [6.45, 7) is 1.97. The Morgan fingerprint density at radius 2 is 1.76 bits per heavy atom. The summed E-state index contributed by atoms with van der Waals surface area (Å²) in [5, 5.41) is 2.81. The van der Waals surface area contributed by atoms with E-state index in [4.69, 9.17) is 4.74 Å². The van der Waals surface area contributed by atoms with E-state index in [1.165, 1.54) is 12.0 Å². The zero-order chi connectivity index (χ0) is 18.4. The van der Waals surface area contributed by atoms with Crippen molar-refractivity contribution in [1.29, 1.82) is 0 Å². The van der Waals surface area contributed by atoms with Gasteiger partial charge in [0.15, 0.2) is 0 Å². The first-order valence-corrected chi connectivity index (χ1v) is 8.13. The molecule has 1 N–H and O–H groups in total. The van der Waals surface area contributed by atoms with Gasteiger partial charge in [0.25, 0.3) is 5.91 Å². The molecule has 8 heteroatoms. The Morgan fingerprint density at radius 1 is 1.08 bits per heavy atom. The number of rotatable bonds is 2. The molecule has 0 radical (unpaired) electrons. The van der Waals surface area contributed by atoms with Crippen LogP contribution in [0.3, 0.4) is 0 Å². The highest BCUT2D eigenvalue weighted by Gasteiger charge is 2.22. The molecular formula is C17H24N4O4. The van der Waals surface area contributed by atoms with Crippen molar-refractivity contribution in [1.82, 2.24) is 14.7 Å². The van der Waals surface area contributed by atoms with Crippen LogP contribution >= 0.6 is 0 Å². The molecule has 1 saturated heterocycles. The Bertz CT molecular complexity index is 647. The lowest BCUT2D eigenvalue weighted by Gasteiger charge is -2.22. The van der Waals surface area contributed by atoms with Gasteiger partial charge in [0, 0.05) is 51.5 Å². The number of nitrogens with one attached hydrogen (secondary N) is 1. The zero-order valence-corrected chi connectivity index (χ0v) is 14.8. The van der Waals surface area contributed by atoms with E-state index in [-0.39, 0.29) is 18.0 Å². The van der Waals surface area contributed by atoms with Crippen molar-refractivity contribution >= 4 is 23.7 Å². The fourth-order valence-corrected chi connectivity index (χ4v) is 2.62. The summed E-state index contributed by atoms with van der Waals surface area (Å²) < 4.78 is 4.72. The quantitative estimate of drug-likeness (QED) is 0.882. The molecule has 25 heavy (non-hydrogen) atoms. The Labute approximate surface area is 147 Å². The van der Waals surface area contributed by atoms with Gasteiger partial charge < -0.3 is 24.8 Å². The number of ether oxygens (including phenoxy) is 1. The molecule has 8 nitrogen and oxygen atoms in total. The molecule has 0 bridgehead atoms. The van der Waals surface area contributed by atoms with Crippen molar-refractivity contribution in [3.8, 4) is 0 Å². The molecule has 1 heterocycles. The van der Waals surface area contributed by atoms with E-state index in [0.29, 0.717) is 43.9 Å². The predicted octanol–water partition coefficient (Wildman–Crippen LogP) is 1.69. The van der Waals surface area contributed by atoms with Crippen molar-refractivity contribution < 1.29 is 19.1 Å². The summed E-state index contributed by atoms with van der Waals surface area (Å²) in [6.07, 6.45) is 0.305. The molecule has 136 valence electrons. The topological polar surface area (TPSA) is 82.2 Å². The first-order chi connectivity index (χ1) is 11.9. The van der Waals surface area contributed by atoms with Crippen molar-refractivity contribution in [2.75, 3.05) is 52.7 Å². The summed E-state index contributed by atoms with van der Waals surface area (Å²) in [7, 11) is 4.70. The van der Waals surface area contributed by atoms with Crippen molar-refractivity contribution in [2.45, 2.75) is 6.42 Å². The number of amides is 4. The Balaban J connectivity index is 1.99. The van der Waals surface area contributed by atoms with Crippen LogP contribution < -0.4 is 5.32 Å². The summed E-state index contributed by atoms with van der Waals surface area (Å²) >= 11 is 0. The highest BCUT2D eigenvalue weighted by molar-refractivity contribution is 5.96. The summed E-state index contributed by atoms with van der Waals surface area (Å²) in [5.74, 6) is -0.125. The fraction of sp³-hybridized carbons (Fsp3) is 0.471. The minimum Gasteiger partial charge on any atom is -0.453 e. The molecule has 1 aromatic rings. The van der Waals surface area contributed by atoms with E-state index in [0.717, 1.165) is 0 Å². The monoisotopic (exact) mass is 348 g/mol. The van der Waals surface area contributed by atoms with Gasteiger partial charge in [0.05, 0.1) is 7.11 Å². The van der Waals surface area contributed by atoms with E-state index in [1.54, 1.807) is 48.2 Å². The van der Waals surface area contributed by atoms with Gasteiger partial charge in [-0.1, -0.05) is 6.07 Å². The minimum atomic E-state index is -0.378. The third kappa shape index (κ3) is 4.85. The number of methoxy groups -OCH3 is 1. The molecule has 1 aliphatic heterocycles. The molecule has 2 rings (SSSR count). The average molecular weight is 348 g/mol. The van der Waals surface area contributed by atoms with E-state index in [9.17, 15) is 14.4 Å². The number of nitrogens with zero attached hydrogens (tertiary/aromatic N) is 3. The van der Waals surface area contributed by atoms with Gasteiger partial charge >= 0.3 is 12.1 Å². The molecule has 0 aromatic heterocycles. The van der Waals surface area contributed by atoms with E-state index < -0.39 is 0 Å². The first-order valence-electron chi connectivity index (χ1n) is 8.13. The average Bonchev–Trinajstić information content (AvgIpc) is 2.86. The van der Waals surface area contributed by atoms with Gasteiger partial charge in [-0.15, -0.1) is 0 Å². The van der Waals surface area contributed by atoms with E-state index in [1.807, 2.05) is 0 Å². The molecule has 1 fully saturated rings. The molecule has 4 amide bonds. The number of hydrogen-bond donors (Lipinski definition) is 1. The largest absolute Gasteiger partial charge is 0.453 e. The Hall–Kier alpha value is -2.77. The van der Waals surface area contributed by atoms with E-state index >= 15 is 0 Å². The second-order valence-electron chi connectivity index (χ2n) is 6.01. The number of carbonyl (C=O) groups excluding carboxylic acids is 3. The van der Waals surface area contributed by atoms with Crippen LogP contribution in [0, 0.1) is 0 Å². The minimum absolute atomic E-state index is 0.125. The highest BCUT2D eigenvalue weighted by atomic mass is 16.5. The second kappa shape index (κ2) is 8.36. The smallest absolute Gasteiger partial charge is 0.409 e. The van der Waals surface area contributed by atoms with E-state index in [2.05, 4.69) is 5.32 Å². The van der Waals surface area contributed by atoms with Crippen LogP contribution in [0.25, 0.3) is 0 Å². The predicted molar refractivity (Wildman–Crippen MR) is 93.6 cm³/mol. The lowest BCUT2D eigenvalue weighted by molar-refractivity contribution is 0.0827. The maximum Gasteiger partial charge on any atom is 0.409 e. The molecule has 0 saturated carbocycles. The molecule has 0 spiro atoms. The molecule has 1 aliphatic rings. The molecule has 0 unspecified atom stereocenters. The molecule has 1 aromatic carbocycles. The van der Waals surface area contributed by atoms with Crippen molar-refractivity contribution in [2.24, 2.45) is 0 Å². The summed E-state index contributed by atoms with van der Waals surface area (Å²) in [4.78, 5) is 40.8. The number of anilines is 1. The highest BCUT2D eigenvalue weighted by Crippen LogP contribution is 2.14. The maximum absolute atomic E-state index is 12.5. The van der Waals surface area contributed by atoms with Crippen LogP contribution in [-0.4, -0.2) is 80.1 Å². The summed E-state index contributed by atoms with van der Waals surface area (Å²) in [6, 6.07) is 6.58. The lowest BCUT2D eigenvalue weighted by Crippen LogP contribution is -2.39. The molecule has 0 atom stereocenters. The number of hydrogen-bond acceptors (Lipinski definition) is 4. The van der Waals surface area contributed by atoms with Gasteiger partial charge in [-0.05, 0) is 24.6 Å². The number of carbonyl (C=O) groups is 3. The lowest BCUT2D eigenvalue weighted by atomic mass is 10.2. The standard InChI is InChI=1S/C17H24N4O4/c1-19(2)15(22)13-6-4-7-14(12-13)18-16(23)20-8-5-9-21(11-10-20)17(24)25-3/h4,6-7,12H,5,8-11H2,1-3H3,(H,18,23). The van der Waals surface area contributed by atoms with Crippen molar-refractivity contribution in [3.63, 3.8) is 0 Å². The zero-order valence-electron chi connectivity index (χ0n) is 14.8. The number of urea groups is 1. The van der Waals surface area contributed by atoms with Crippen LogP contribution in [-0.2, 0) is 4.74 Å². The number of benzene rings is 1. The SMILES string of the molecule is COC(=O)N1CCCN(C(=O)Nc2cccc(C(=O)N(C)C)c2)CC1. The van der Waals surface area contributed by atoms with Crippen LogP contribution in [0.2, 0.25) is 0 Å². The van der Waals surface area contributed by atoms with Gasteiger partial charge in [0.1, 0.15) is 0 Å². The van der Waals surface area contributed by atoms with Crippen LogP contribution in [0.15, 0.2) is 24.3 Å². The van der Waals surface area contributed by atoms with Crippen LogP contribution in [0.4, 0.5) is 15.3 Å². The molecule has 0 aliphatic carbocycles. The summed E-state index contributed by atoms with van der Waals surface area (Å²) in [5.41, 5.74) is 1.07. The maximum atomic E-state index is 12.5. The Morgan fingerprint density at radius 3 is 2.44 bits per heavy atom. The van der Waals surface area contributed by atoms with Gasteiger partial charge in [-0.3, -0.25) is 4.79 Å². The Kier molecular flexibility index (Phi) is 6.21. The van der Waals surface area contributed by atoms with Gasteiger partial charge in [0.2, 0.25) is 0 Å². The second-order valence-corrected chi connectivity index (χ2v) is 6.01. The van der Waals surface area contributed by atoms with Crippen LogP contribution in [0.1, 0.15) is 16.8 Å². The normalized spacial score (nSPS) is 14.5. The van der Waals surface area contributed by atoms with Gasteiger partial charge in [-0.25, -0.2) is 9.59 Å². The van der Waals surface area contributed by atoms with Gasteiger partial charge in [-0.2, -0.15) is 0 Å².